The van der Waals surface area contributed by atoms with Crippen LogP contribution in [0, 0.1) is 0 Å². The zero-order valence-corrected chi connectivity index (χ0v) is 15.5. The lowest BCUT2D eigenvalue weighted by Gasteiger charge is -2.26. The monoisotopic (exact) mass is 378 g/mol. The Labute approximate surface area is 163 Å². The molecule has 1 fully saturated rings. The van der Waals surface area contributed by atoms with E-state index in [1.54, 1.807) is 18.2 Å². The Morgan fingerprint density at radius 2 is 1.86 bits per heavy atom. The van der Waals surface area contributed by atoms with Crippen LogP contribution in [0.5, 0.6) is 11.5 Å². The fourth-order valence-corrected chi connectivity index (χ4v) is 3.09. The first-order chi connectivity index (χ1) is 13.8. The summed E-state index contributed by atoms with van der Waals surface area (Å²) in [6.45, 7) is 4.83. The van der Waals surface area contributed by atoms with Gasteiger partial charge in [0, 0.05) is 37.3 Å². The smallest absolute Gasteiger partial charge is 0.345 e. The number of carbonyl (C=O) groups is 1. The number of carbonyl (C=O) groups excluding carboxylic acids is 1. The maximum absolute atomic E-state index is 12.5. The van der Waals surface area contributed by atoms with E-state index in [0.29, 0.717) is 23.7 Å². The third-order valence-corrected chi connectivity index (χ3v) is 4.62. The van der Waals surface area contributed by atoms with E-state index in [4.69, 9.17) is 14.2 Å². The first kappa shape index (κ1) is 18.4. The minimum atomic E-state index is -0.441. The largest absolute Gasteiger partial charge is 0.492 e. The molecule has 1 aliphatic rings. The van der Waals surface area contributed by atoms with E-state index in [-0.39, 0.29) is 0 Å². The van der Waals surface area contributed by atoms with Gasteiger partial charge >= 0.3 is 5.97 Å². The molecule has 6 nitrogen and oxygen atoms in total. The third-order valence-electron chi connectivity index (χ3n) is 4.62. The third kappa shape index (κ3) is 4.65. The highest BCUT2D eigenvalue weighted by Gasteiger charge is 2.12. The molecule has 0 spiro atoms. The molecule has 6 heteroatoms. The van der Waals surface area contributed by atoms with Crippen molar-refractivity contribution in [3.8, 4) is 11.5 Å². The molecule has 3 aromatic rings. The van der Waals surface area contributed by atoms with Crippen molar-refractivity contribution < 1.29 is 19.0 Å². The van der Waals surface area contributed by atoms with Gasteiger partial charge in [-0.1, -0.05) is 24.3 Å². The number of rotatable bonds is 6. The van der Waals surface area contributed by atoms with Crippen LogP contribution in [0.4, 0.5) is 0 Å². The Morgan fingerprint density at radius 1 is 1.04 bits per heavy atom. The Kier molecular flexibility index (Phi) is 5.80. The van der Waals surface area contributed by atoms with Crippen LogP contribution in [0.25, 0.3) is 10.9 Å². The van der Waals surface area contributed by atoms with Crippen LogP contribution in [-0.4, -0.2) is 55.3 Å². The van der Waals surface area contributed by atoms with Crippen molar-refractivity contribution in [1.82, 2.24) is 9.88 Å². The molecule has 0 saturated carbocycles. The number of hydrogen-bond acceptors (Lipinski definition) is 6. The van der Waals surface area contributed by atoms with Gasteiger partial charge in [-0.3, -0.25) is 9.88 Å². The molecule has 0 atom stereocenters. The molecule has 144 valence electrons. The number of benzene rings is 2. The highest BCUT2D eigenvalue weighted by atomic mass is 16.5. The number of para-hydroxylation sites is 1. The van der Waals surface area contributed by atoms with Crippen molar-refractivity contribution in [2.24, 2.45) is 0 Å². The number of nitrogens with zero attached hydrogens (tertiary/aromatic N) is 2. The minimum Gasteiger partial charge on any atom is -0.492 e. The minimum absolute atomic E-state index is 0.414. The summed E-state index contributed by atoms with van der Waals surface area (Å²) in [5.74, 6) is 0.681. The highest BCUT2D eigenvalue weighted by molar-refractivity contribution is 5.94. The van der Waals surface area contributed by atoms with E-state index in [9.17, 15) is 4.79 Å². The van der Waals surface area contributed by atoms with E-state index < -0.39 is 5.97 Å². The molecular formula is C22H22N2O4. The highest BCUT2D eigenvalue weighted by Crippen LogP contribution is 2.21. The summed E-state index contributed by atoms with van der Waals surface area (Å²) < 4.78 is 16.7. The van der Waals surface area contributed by atoms with Crippen molar-refractivity contribution in [2.45, 2.75) is 0 Å². The normalized spacial score (nSPS) is 14.7. The molecule has 0 amide bonds. The standard InChI is InChI=1S/C22H22N2O4/c25-22(18-14-17-4-1-2-7-21(17)23-16-18)28-20-6-3-5-19(15-20)27-13-10-24-8-11-26-12-9-24/h1-7,14-16H,8-13H2. The number of aromatic nitrogens is 1. The van der Waals surface area contributed by atoms with E-state index in [0.717, 1.165) is 43.8 Å². The van der Waals surface area contributed by atoms with Gasteiger partial charge in [-0.15, -0.1) is 0 Å². The fourth-order valence-electron chi connectivity index (χ4n) is 3.09. The average Bonchev–Trinajstić information content (AvgIpc) is 2.74. The summed E-state index contributed by atoms with van der Waals surface area (Å²) in [5, 5.41) is 0.900. The number of morpholine rings is 1. The van der Waals surface area contributed by atoms with Crippen LogP contribution in [-0.2, 0) is 4.74 Å². The predicted molar refractivity (Wildman–Crippen MR) is 106 cm³/mol. The molecule has 0 bridgehead atoms. The lowest BCUT2D eigenvalue weighted by Crippen LogP contribution is -2.38. The van der Waals surface area contributed by atoms with Gasteiger partial charge in [-0.25, -0.2) is 4.79 Å². The molecule has 1 aromatic heterocycles. The Hall–Kier alpha value is -2.96. The summed E-state index contributed by atoms with van der Waals surface area (Å²) in [6, 6.07) is 16.6. The topological polar surface area (TPSA) is 60.9 Å². The second kappa shape index (κ2) is 8.82. The molecular weight excluding hydrogens is 356 g/mol. The van der Waals surface area contributed by atoms with Crippen molar-refractivity contribution in [1.29, 1.82) is 0 Å². The summed E-state index contributed by atoms with van der Waals surface area (Å²) in [6.07, 6.45) is 1.54. The van der Waals surface area contributed by atoms with Crippen LogP contribution < -0.4 is 9.47 Å². The molecule has 1 aliphatic heterocycles. The predicted octanol–water partition coefficient (Wildman–Crippen LogP) is 3.17. The Balaban J connectivity index is 1.36. The lowest BCUT2D eigenvalue weighted by molar-refractivity contribution is 0.0322. The molecule has 0 unspecified atom stereocenters. The van der Waals surface area contributed by atoms with Gasteiger partial charge in [0.25, 0.3) is 0 Å². The summed E-state index contributed by atoms with van der Waals surface area (Å²) in [5.41, 5.74) is 1.26. The summed E-state index contributed by atoms with van der Waals surface area (Å²) in [4.78, 5) is 19.1. The van der Waals surface area contributed by atoms with E-state index >= 15 is 0 Å². The zero-order valence-electron chi connectivity index (χ0n) is 15.5. The van der Waals surface area contributed by atoms with Crippen LogP contribution in [0.15, 0.2) is 60.8 Å². The van der Waals surface area contributed by atoms with Gasteiger partial charge in [-0.2, -0.15) is 0 Å². The second-order valence-corrected chi connectivity index (χ2v) is 6.58. The van der Waals surface area contributed by atoms with Gasteiger partial charge in [0.05, 0.1) is 24.3 Å². The van der Waals surface area contributed by atoms with E-state index in [1.807, 2.05) is 36.4 Å². The second-order valence-electron chi connectivity index (χ2n) is 6.58. The molecule has 2 heterocycles. The van der Waals surface area contributed by atoms with Crippen LogP contribution in [0.3, 0.4) is 0 Å². The maximum atomic E-state index is 12.5. The van der Waals surface area contributed by atoms with Crippen LogP contribution in [0.1, 0.15) is 10.4 Å². The molecule has 28 heavy (non-hydrogen) atoms. The number of hydrogen-bond donors (Lipinski definition) is 0. The molecule has 2 aromatic carbocycles. The van der Waals surface area contributed by atoms with Crippen molar-refractivity contribution in [3.63, 3.8) is 0 Å². The number of esters is 1. The van der Waals surface area contributed by atoms with Gasteiger partial charge in [0.2, 0.25) is 0 Å². The number of fused-ring (bicyclic) bond motifs is 1. The number of ether oxygens (including phenoxy) is 3. The molecule has 4 rings (SSSR count). The van der Waals surface area contributed by atoms with E-state index in [2.05, 4.69) is 9.88 Å². The number of pyridine rings is 1. The summed E-state index contributed by atoms with van der Waals surface area (Å²) >= 11 is 0. The molecule has 0 radical (unpaired) electrons. The molecule has 0 aliphatic carbocycles. The van der Waals surface area contributed by atoms with E-state index in [1.165, 1.54) is 6.20 Å². The van der Waals surface area contributed by atoms with Gasteiger partial charge in [0.1, 0.15) is 18.1 Å². The first-order valence-corrected chi connectivity index (χ1v) is 9.38. The fraction of sp³-hybridized carbons (Fsp3) is 0.273. The average molecular weight is 378 g/mol. The van der Waals surface area contributed by atoms with Crippen molar-refractivity contribution in [2.75, 3.05) is 39.5 Å². The quantitative estimate of drug-likeness (QED) is 0.485. The summed E-state index contributed by atoms with van der Waals surface area (Å²) in [7, 11) is 0. The Bertz CT molecular complexity index is 954. The lowest BCUT2D eigenvalue weighted by atomic mass is 10.1. The van der Waals surface area contributed by atoms with Gasteiger partial charge in [0.15, 0.2) is 0 Å². The van der Waals surface area contributed by atoms with Crippen LogP contribution in [0.2, 0.25) is 0 Å². The zero-order chi connectivity index (χ0) is 19.2. The van der Waals surface area contributed by atoms with Crippen molar-refractivity contribution in [3.05, 3.63) is 66.4 Å². The van der Waals surface area contributed by atoms with Gasteiger partial charge < -0.3 is 14.2 Å². The molecule has 1 saturated heterocycles. The Morgan fingerprint density at radius 3 is 2.75 bits per heavy atom. The maximum Gasteiger partial charge on any atom is 0.345 e. The SMILES string of the molecule is O=C(Oc1cccc(OCCN2CCOCC2)c1)c1cnc2ccccc2c1. The van der Waals surface area contributed by atoms with Crippen LogP contribution >= 0.6 is 0 Å². The van der Waals surface area contributed by atoms with Crippen molar-refractivity contribution >= 4 is 16.9 Å². The molecule has 0 N–H and O–H groups in total. The first-order valence-electron chi connectivity index (χ1n) is 9.38. The van der Waals surface area contributed by atoms with Gasteiger partial charge in [-0.05, 0) is 24.3 Å².